The predicted molar refractivity (Wildman–Crippen MR) is 181 cm³/mol. The number of benzene rings is 2. The maximum absolute atomic E-state index is 14.4. The molecule has 5 rings (SSSR count). The van der Waals surface area contributed by atoms with Crippen LogP contribution in [0.1, 0.15) is 56.0 Å². The lowest BCUT2D eigenvalue weighted by atomic mass is 10.0. The first-order valence-electron chi connectivity index (χ1n) is 16.0. The van der Waals surface area contributed by atoms with Gasteiger partial charge in [0, 0.05) is 37.8 Å². The van der Waals surface area contributed by atoms with Crippen molar-refractivity contribution in [2.24, 2.45) is 5.92 Å². The Hall–Kier alpha value is -3.36. The molecular formula is C34H45N3O8S2. The Bertz CT molecular complexity index is 1600. The van der Waals surface area contributed by atoms with E-state index in [2.05, 4.69) is 16.5 Å². The molecule has 0 aliphatic carbocycles. The van der Waals surface area contributed by atoms with Gasteiger partial charge in [0.2, 0.25) is 6.79 Å². The molecule has 0 fully saturated rings. The summed E-state index contributed by atoms with van der Waals surface area (Å²) in [6.45, 7) is 7.97. The lowest BCUT2D eigenvalue weighted by Crippen LogP contribution is -2.47. The van der Waals surface area contributed by atoms with Gasteiger partial charge in [0.05, 0.1) is 30.4 Å². The molecule has 1 aromatic heterocycles. The van der Waals surface area contributed by atoms with Crippen LogP contribution in [0.25, 0.3) is 0 Å². The topological polar surface area (TPSA) is 127 Å². The number of amides is 1. The molecule has 0 unspecified atom stereocenters. The average Bonchev–Trinajstić information content (AvgIpc) is 3.75. The van der Waals surface area contributed by atoms with E-state index < -0.39 is 16.1 Å². The predicted octanol–water partition coefficient (Wildman–Crippen LogP) is 5.21. The fraction of sp³-hybridized carbons (Fsp3) is 0.500. The van der Waals surface area contributed by atoms with Crippen molar-refractivity contribution in [1.82, 2.24) is 9.80 Å². The smallest absolute Gasteiger partial charge is 0.271 e. The number of fused-ring (bicyclic) bond motifs is 2. The summed E-state index contributed by atoms with van der Waals surface area (Å²) >= 11 is 1.11. The number of rotatable bonds is 9. The Labute approximate surface area is 281 Å². The zero-order valence-electron chi connectivity index (χ0n) is 27.4. The Kier molecular flexibility index (Phi) is 11.7. The maximum Gasteiger partial charge on any atom is 0.271 e. The minimum atomic E-state index is -3.83. The van der Waals surface area contributed by atoms with E-state index in [1.165, 1.54) is 12.1 Å². The van der Waals surface area contributed by atoms with Crippen LogP contribution >= 0.6 is 11.3 Å². The largest absolute Gasteiger partial charge is 0.490 e. The number of carbonyl (C=O) groups excluding carboxylic acids is 1. The van der Waals surface area contributed by atoms with E-state index >= 15 is 0 Å². The van der Waals surface area contributed by atoms with Crippen LogP contribution in [0.3, 0.4) is 0 Å². The van der Waals surface area contributed by atoms with Crippen molar-refractivity contribution < 1.29 is 37.3 Å². The van der Waals surface area contributed by atoms with Gasteiger partial charge in [-0.1, -0.05) is 19.1 Å². The Balaban J connectivity index is 1.40. The molecule has 0 saturated heterocycles. The number of hydrogen-bond donors (Lipinski definition) is 2. The van der Waals surface area contributed by atoms with Crippen LogP contribution in [0.4, 0.5) is 5.69 Å². The van der Waals surface area contributed by atoms with E-state index in [9.17, 15) is 18.3 Å². The first kappa shape index (κ1) is 35.0. The van der Waals surface area contributed by atoms with Gasteiger partial charge in [0.15, 0.2) is 11.5 Å². The van der Waals surface area contributed by atoms with Crippen LogP contribution < -0.4 is 18.9 Å². The lowest BCUT2D eigenvalue weighted by molar-refractivity contribution is -0.0177. The number of ether oxygens (including phenoxy) is 4. The third-order valence-corrected chi connectivity index (χ3v) is 11.2. The fourth-order valence-corrected chi connectivity index (χ4v) is 7.84. The normalized spacial score (nSPS) is 21.5. The Morgan fingerprint density at radius 1 is 1.09 bits per heavy atom. The van der Waals surface area contributed by atoms with Gasteiger partial charge in [0.1, 0.15) is 9.96 Å². The highest BCUT2D eigenvalue weighted by molar-refractivity contribution is 7.94. The van der Waals surface area contributed by atoms with Crippen LogP contribution in [0.5, 0.6) is 17.2 Å². The number of likely N-dealkylation sites (N-methyl/N-ethyl adjacent to an activating group) is 1. The fourth-order valence-electron chi connectivity index (χ4n) is 5.79. The Morgan fingerprint density at radius 3 is 2.64 bits per heavy atom. The van der Waals surface area contributed by atoms with Gasteiger partial charge in [-0.15, -0.1) is 11.3 Å². The molecule has 0 spiro atoms. The molecule has 13 heteroatoms. The first-order valence-corrected chi connectivity index (χ1v) is 18.4. The van der Waals surface area contributed by atoms with E-state index in [1.807, 2.05) is 32.2 Å². The number of carbonyl (C=O) groups is 1. The highest BCUT2D eigenvalue weighted by atomic mass is 32.2. The second-order valence-electron chi connectivity index (χ2n) is 12.4. The number of nitrogens with one attached hydrogen (secondary N) is 1. The van der Waals surface area contributed by atoms with Gasteiger partial charge in [-0.2, -0.15) is 0 Å². The van der Waals surface area contributed by atoms with E-state index in [0.717, 1.165) is 47.7 Å². The van der Waals surface area contributed by atoms with Gasteiger partial charge < -0.3 is 29.0 Å². The van der Waals surface area contributed by atoms with Gasteiger partial charge in [-0.3, -0.25) is 14.4 Å². The summed E-state index contributed by atoms with van der Waals surface area (Å²) in [6.07, 6.45) is 2.10. The van der Waals surface area contributed by atoms with E-state index in [0.29, 0.717) is 32.0 Å². The van der Waals surface area contributed by atoms with Gasteiger partial charge in [-0.25, -0.2) is 8.42 Å². The third-order valence-electron chi connectivity index (χ3n) is 8.44. The van der Waals surface area contributed by atoms with Crippen molar-refractivity contribution in [3.8, 4) is 17.2 Å². The van der Waals surface area contributed by atoms with E-state index in [1.54, 1.807) is 35.4 Å². The van der Waals surface area contributed by atoms with Crippen molar-refractivity contribution in [2.45, 2.75) is 69.0 Å². The maximum atomic E-state index is 14.4. The van der Waals surface area contributed by atoms with Gasteiger partial charge in [0.25, 0.3) is 15.9 Å². The molecule has 2 aliphatic rings. The number of anilines is 1. The molecule has 1 amide bonds. The van der Waals surface area contributed by atoms with Gasteiger partial charge >= 0.3 is 0 Å². The SMILES string of the molecule is C[C@@H]1CCCCO[C@H](CN(C)Cc2ccc3c(c2)OCO3)[C@@H](C)CN([C@@H](C)CO)C(=O)c2cc(NS(=O)(=O)c3cccs3)ccc2O1. The molecule has 0 radical (unpaired) electrons. The minimum absolute atomic E-state index is 0.0982. The molecule has 4 atom stereocenters. The standard InChI is InChI=1S/C34H45N3O8S2/c1-23-18-37(24(2)21-38)34(39)28-17-27(35-47(40,41)33-9-7-15-46-33)11-13-29(28)45-25(3)8-5-6-14-42-32(23)20-36(4)19-26-10-12-30-31(16-26)44-22-43-30/h7,9-13,15-17,23-25,32,35,38H,5-6,8,14,18-22H2,1-4H3/t23-,24-,25+,32+/m0/s1. The summed E-state index contributed by atoms with van der Waals surface area (Å²) in [6, 6.07) is 13.4. The molecule has 0 saturated carbocycles. The van der Waals surface area contributed by atoms with E-state index in [-0.39, 0.29) is 52.9 Å². The zero-order valence-corrected chi connectivity index (χ0v) is 29.0. The van der Waals surface area contributed by atoms with Crippen LogP contribution in [0, 0.1) is 5.92 Å². The number of aliphatic hydroxyl groups excluding tert-OH is 1. The summed E-state index contributed by atoms with van der Waals surface area (Å²) in [4.78, 5) is 18.2. The van der Waals surface area contributed by atoms with Gasteiger partial charge in [-0.05, 0) is 87.5 Å². The third kappa shape index (κ3) is 8.96. The molecule has 0 bridgehead atoms. The second-order valence-corrected chi connectivity index (χ2v) is 15.3. The molecule has 2 aromatic carbocycles. The quantitative estimate of drug-likeness (QED) is 0.312. The van der Waals surface area contributed by atoms with Crippen molar-refractivity contribution in [1.29, 1.82) is 0 Å². The second kappa shape index (κ2) is 15.7. The summed E-state index contributed by atoms with van der Waals surface area (Å²) in [7, 11) is -1.79. The van der Waals surface area contributed by atoms with E-state index in [4.69, 9.17) is 18.9 Å². The molecule has 256 valence electrons. The molecule has 3 aromatic rings. The summed E-state index contributed by atoms with van der Waals surface area (Å²) in [5.74, 6) is 1.40. The molecule has 3 heterocycles. The molecule has 11 nitrogen and oxygen atoms in total. The average molecular weight is 688 g/mol. The van der Waals surface area contributed by atoms with Crippen LogP contribution in [-0.2, 0) is 21.3 Å². The monoisotopic (exact) mass is 687 g/mol. The highest BCUT2D eigenvalue weighted by Gasteiger charge is 2.31. The Morgan fingerprint density at radius 2 is 1.87 bits per heavy atom. The molecule has 2 N–H and O–H groups in total. The molecule has 47 heavy (non-hydrogen) atoms. The summed E-state index contributed by atoms with van der Waals surface area (Å²) in [5.41, 5.74) is 1.57. The number of sulfonamides is 1. The van der Waals surface area contributed by atoms with Crippen molar-refractivity contribution in [3.63, 3.8) is 0 Å². The van der Waals surface area contributed by atoms with Crippen LogP contribution in [0.2, 0.25) is 0 Å². The number of aliphatic hydroxyl groups is 1. The van der Waals surface area contributed by atoms with Crippen molar-refractivity contribution in [3.05, 3.63) is 65.0 Å². The number of thiophene rings is 1. The number of hydrogen-bond acceptors (Lipinski definition) is 10. The first-order chi connectivity index (χ1) is 22.5. The lowest BCUT2D eigenvalue weighted by Gasteiger charge is -2.36. The number of nitrogens with zero attached hydrogens (tertiary/aromatic N) is 2. The zero-order chi connectivity index (χ0) is 33.6. The van der Waals surface area contributed by atoms with Crippen molar-refractivity contribution in [2.75, 3.05) is 44.9 Å². The molecule has 2 aliphatic heterocycles. The minimum Gasteiger partial charge on any atom is -0.490 e. The van der Waals surface area contributed by atoms with Crippen molar-refractivity contribution >= 4 is 33.0 Å². The highest BCUT2D eigenvalue weighted by Crippen LogP contribution is 2.33. The summed E-state index contributed by atoms with van der Waals surface area (Å²) < 4.78 is 52.5. The van der Waals surface area contributed by atoms with Crippen LogP contribution in [-0.4, -0.2) is 87.6 Å². The van der Waals surface area contributed by atoms with Crippen LogP contribution in [0.15, 0.2) is 58.1 Å². The summed E-state index contributed by atoms with van der Waals surface area (Å²) in [5, 5.41) is 11.9. The molecular weight excluding hydrogens is 643 g/mol.